The second-order valence-corrected chi connectivity index (χ2v) is 7.60. The normalized spacial score (nSPS) is 14.4. The molecule has 0 bridgehead atoms. The van der Waals surface area contributed by atoms with Crippen molar-refractivity contribution in [3.05, 3.63) is 76.4 Å². The molecule has 1 aromatic carbocycles. The average molecular weight is 391 g/mol. The van der Waals surface area contributed by atoms with E-state index in [2.05, 4.69) is 46.1 Å². The van der Waals surface area contributed by atoms with E-state index in [1.54, 1.807) is 6.26 Å². The summed E-state index contributed by atoms with van der Waals surface area (Å²) in [5, 5.41) is 1.70. The fraction of sp³-hybridized carbons (Fsp3) is 0.227. The van der Waals surface area contributed by atoms with Gasteiger partial charge in [-0.2, -0.15) is 0 Å². The van der Waals surface area contributed by atoms with E-state index in [4.69, 9.17) is 21.0 Å². The van der Waals surface area contributed by atoms with Crippen molar-refractivity contribution in [1.29, 1.82) is 0 Å². The van der Waals surface area contributed by atoms with Gasteiger partial charge in [0.05, 0.1) is 17.5 Å². The van der Waals surface area contributed by atoms with E-state index in [1.165, 1.54) is 5.56 Å². The minimum Gasteiger partial charge on any atom is -0.461 e. The maximum absolute atomic E-state index is 6.48. The summed E-state index contributed by atoms with van der Waals surface area (Å²) in [5.41, 5.74) is 5.43. The van der Waals surface area contributed by atoms with Crippen molar-refractivity contribution in [2.75, 3.05) is 6.54 Å². The Morgan fingerprint density at radius 2 is 2.11 bits per heavy atom. The number of aromatic nitrogens is 3. The zero-order valence-electron chi connectivity index (χ0n) is 15.5. The van der Waals surface area contributed by atoms with Gasteiger partial charge in [-0.05, 0) is 36.8 Å². The van der Waals surface area contributed by atoms with Crippen LogP contribution >= 0.6 is 11.6 Å². The highest BCUT2D eigenvalue weighted by Gasteiger charge is 2.20. The van der Waals surface area contributed by atoms with E-state index in [9.17, 15) is 0 Å². The largest absolute Gasteiger partial charge is 0.461 e. The predicted molar refractivity (Wildman–Crippen MR) is 109 cm³/mol. The molecule has 4 aromatic rings. The Labute approximate surface area is 168 Å². The molecule has 0 radical (unpaired) electrons. The molecule has 5 nitrogen and oxygen atoms in total. The monoisotopic (exact) mass is 390 g/mol. The number of pyridine rings is 1. The van der Waals surface area contributed by atoms with Crippen molar-refractivity contribution in [2.24, 2.45) is 0 Å². The fourth-order valence-corrected chi connectivity index (χ4v) is 3.89. The summed E-state index contributed by atoms with van der Waals surface area (Å²) in [6, 6.07) is 12.2. The molecular formula is C22H19ClN4O. The lowest BCUT2D eigenvalue weighted by molar-refractivity contribution is 0.243. The second kappa shape index (κ2) is 7.00. The molecule has 5 rings (SSSR count). The molecule has 3 aromatic heterocycles. The number of hydrogen-bond donors (Lipinski definition) is 0. The molecule has 0 aliphatic carbocycles. The van der Waals surface area contributed by atoms with Gasteiger partial charge in [-0.1, -0.05) is 23.7 Å². The summed E-state index contributed by atoms with van der Waals surface area (Å²) >= 11 is 6.48. The van der Waals surface area contributed by atoms with Crippen molar-refractivity contribution in [3.63, 3.8) is 0 Å². The minimum atomic E-state index is 0.577. The van der Waals surface area contributed by atoms with E-state index >= 15 is 0 Å². The molecule has 140 valence electrons. The van der Waals surface area contributed by atoms with E-state index in [-0.39, 0.29) is 0 Å². The zero-order valence-corrected chi connectivity index (χ0v) is 16.3. The third kappa shape index (κ3) is 3.28. The number of fused-ring (bicyclic) bond motifs is 2. The lowest BCUT2D eigenvalue weighted by Gasteiger charge is -2.28. The Bertz CT molecular complexity index is 1160. The highest BCUT2D eigenvalue weighted by molar-refractivity contribution is 6.30. The summed E-state index contributed by atoms with van der Waals surface area (Å²) in [7, 11) is 0. The average Bonchev–Trinajstić information content (AvgIpc) is 3.23. The van der Waals surface area contributed by atoms with Crippen LogP contribution in [-0.4, -0.2) is 26.4 Å². The number of aryl methyl sites for hydroxylation is 1. The summed E-state index contributed by atoms with van der Waals surface area (Å²) in [6.45, 7) is 4.54. The quantitative estimate of drug-likeness (QED) is 0.470. The summed E-state index contributed by atoms with van der Waals surface area (Å²) in [4.78, 5) is 16.1. The van der Waals surface area contributed by atoms with Gasteiger partial charge in [0.25, 0.3) is 0 Å². The van der Waals surface area contributed by atoms with E-state index in [1.807, 2.05) is 18.3 Å². The molecule has 0 atom stereocenters. The van der Waals surface area contributed by atoms with Gasteiger partial charge in [0.15, 0.2) is 11.6 Å². The number of halogens is 1. The van der Waals surface area contributed by atoms with E-state index in [0.29, 0.717) is 16.7 Å². The standard InChI is InChI=1S/C22H19ClN4O/c1-14-4-5-15-10-16(21(23)25-19(15)9-14)12-27-7-6-18-17(13-27)11-24-22(26-18)20-3-2-8-28-20/h2-5,8-11H,6-7,12-13H2,1H3. The maximum atomic E-state index is 6.48. The van der Waals surface area contributed by atoms with Crippen molar-refractivity contribution in [3.8, 4) is 11.6 Å². The van der Waals surface area contributed by atoms with Crippen LogP contribution in [0.5, 0.6) is 0 Å². The molecule has 0 spiro atoms. The molecule has 0 fully saturated rings. The van der Waals surface area contributed by atoms with Crippen LogP contribution in [0.25, 0.3) is 22.5 Å². The Morgan fingerprint density at radius 1 is 1.18 bits per heavy atom. The number of nitrogens with zero attached hydrogens (tertiary/aromatic N) is 4. The number of furan rings is 1. The van der Waals surface area contributed by atoms with Crippen molar-refractivity contribution >= 4 is 22.5 Å². The van der Waals surface area contributed by atoms with Gasteiger partial charge in [-0.15, -0.1) is 0 Å². The summed E-state index contributed by atoms with van der Waals surface area (Å²) in [6.07, 6.45) is 4.43. The van der Waals surface area contributed by atoms with Crippen LogP contribution < -0.4 is 0 Å². The first-order valence-corrected chi connectivity index (χ1v) is 9.70. The second-order valence-electron chi connectivity index (χ2n) is 7.24. The van der Waals surface area contributed by atoms with E-state index < -0.39 is 0 Å². The molecule has 0 saturated carbocycles. The van der Waals surface area contributed by atoms with Crippen LogP contribution in [-0.2, 0) is 19.5 Å². The van der Waals surface area contributed by atoms with Crippen LogP contribution in [0.15, 0.2) is 53.3 Å². The number of hydrogen-bond acceptors (Lipinski definition) is 5. The number of benzene rings is 1. The van der Waals surface area contributed by atoms with Gasteiger partial charge in [-0.25, -0.2) is 15.0 Å². The van der Waals surface area contributed by atoms with Crippen LogP contribution in [0.4, 0.5) is 0 Å². The Morgan fingerprint density at radius 3 is 2.96 bits per heavy atom. The first-order valence-electron chi connectivity index (χ1n) is 9.32. The first-order chi connectivity index (χ1) is 13.7. The highest BCUT2D eigenvalue weighted by Crippen LogP contribution is 2.26. The highest BCUT2D eigenvalue weighted by atomic mass is 35.5. The van der Waals surface area contributed by atoms with Gasteiger partial charge < -0.3 is 4.42 Å². The molecule has 1 aliphatic heterocycles. The molecule has 1 aliphatic rings. The van der Waals surface area contributed by atoms with E-state index in [0.717, 1.165) is 53.8 Å². The third-order valence-electron chi connectivity index (χ3n) is 5.15. The molecular weight excluding hydrogens is 372 g/mol. The number of rotatable bonds is 3. The third-order valence-corrected chi connectivity index (χ3v) is 5.48. The van der Waals surface area contributed by atoms with Gasteiger partial charge >= 0.3 is 0 Å². The Balaban J connectivity index is 1.37. The topological polar surface area (TPSA) is 55.1 Å². The Kier molecular flexibility index (Phi) is 4.34. The van der Waals surface area contributed by atoms with Gasteiger partial charge in [-0.3, -0.25) is 4.90 Å². The fourth-order valence-electron chi connectivity index (χ4n) is 3.68. The van der Waals surface area contributed by atoms with Crippen LogP contribution in [0, 0.1) is 6.92 Å². The minimum absolute atomic E-state index is 0.577. The SMILES string of the molecule is Cc1ccc2cc(CN3CCc4nc(-c5ccco5)ncc4C3)c(Cl)nc2c1. The molecule has 0 N–H and O–H groups in total. The molecule has 0 unspecified atom stereocenters. The van der Waals surface area contributed by atoms with Crippen molar-refractivity contribution in [2.45, 2.75) is 26.4 Å². The molecule has 28 heavy (non-hydrogen) atoms. The lowest BCUT2D eigenvalue weighted by Crippen LogP contribution is -2.31. The molecule has 4 heterocycles. The van der Waals surface area contributed by atoms with Crippen molar-refractivity contribution in [1.82, 2.24) is 19.9 Å². The molecule has 0 saturated heterocycles. The van der Waals surface area contributed by atoms with Crippen LogP contribution in [0.3, 0.4) is 0 Å². The van der Waals surface area contributed by atoms with Crippen molar-refractivity contribution < 1.29 is 4.42 Å². The predicted octanol–water partition coefficient (Wildman–Crippen LogP) is 4.80. The van der Waals surface area contributed by atoms with Crippen LogP contribution in [0.1, 0.15) is 22.4 Å². The molecule has 0 amide bonds. The smallest absolute Gasteiger partial charge is 0.195 e. The zero-order chi connectivity index (χ0) is 19.1. The van der Waals surface area contributed by atoms with Gasteiger partial charge in [0.1, 0.15) is 5.15 Å². The lowest BCUT2D eigenvalue weighted by atomic mass is 10.1. The van der Waals surface area contributed by atoms with Crippen LogP contribution in [0.2, 0.25) is 5.15 Å². The van der Waals surface area contributed by atoms with Gasteiger partial charge in [0, 0.05) is 48.8 Å². The summed E-state index contributed by atoms with van der Waals surface area (Å²) < 4.78 is 5.41. The molecule has 6 heteroatoms. The van der Waals surface area contributed by atoms with Gasteiger partial charge in [0.2, 0.25) is 0 Å². The maximum Gasteiger partial charge on any atom is 0.195 e. The summed E-state index contributed by atoms with van der Waals surface area (Å²) in [5.74, 6) is 1.35. The first kappa shape index (κ1) is 17.3. The Hall–Kier alpha value is -2.76.